The number of ether oxygens (including phenoxy) is 1. The van der Waals surface area contributed by atoms with Crippen molar-refractivity contribution >= 4 is 11.8 Å². The van der Waals surface area contributed by atoms with Crippen LogP contribution < -0.4 is 0 Å². The number of hydrogen-bond acceptors (Lipinski definition) is 3. The Morgan fingerprint density at radius 3 is 2.61 bits per heavy atom. The van der Waals surface area contributed by atoms with Crippen LogP contribution in [0.2, 0.25) is 0 Å². The minimum atomic E-state index is -0.752. The van der Waals surface area contributed by atoms with Crippen LogP contribution in [0, 0.1) is 11.6 Å². The molecule has 1 aromatic carbocycles. The minimum Gasteiger partial charge on any atom is -0.466 e. The molecule has 0 aromatic heterocycles. The molecule has 18 heavy (non-hydrogen) atoms. The summed E-state index contributed by atoms with van der Waals surface area (Å²) in [6.07, 6.45) is 0.337. The second kappa shape index (κ2) is 6.83. The fourth-order valence-electron chi connectivity index (χ4n) is 1.47. The SMILES string of the molecule is CCOC(=O)CCCC(=O)c1cc(F)ccc1F. The lowest BCUT2D eigenvalue weighted by Crippen LogP contribution is -2.07. The molecule has 1 aromatic rings. The third-order valence-electron chi connectivity index (χ3n) is 2.32. The first-order chi connectivity index (χ1) is 8.54. The Hall–Kier alpha value is -1.78. The van der Waals surface area contributed by atoms with Crippen molar-refractivity contribution in [2.24, 2.45) is 0 Å². The van der Waals surface area contributed by atoms with Gasteiger partial charge >= 0.3 is 5.97 Å². The molecule has 0 N–H and O–H groups in total. The van der Waals surface area contributed by atoms with E-state index in [0.717, 1.165) is 18.2 Å². The number of halogens is 2. The molecule has 1 rings (SSSR count). The Kier molecular flexibility index (Phi) is 5.42. The predicted octanol–water partition coefficient (Wildman–Crippen LogP) is 2.88. The number of Topliss-reactive ketones (excluding diaryl/α,β-unsaturated/α-hetero) is 1. The van der Waals surface area contributed by atoms with Crippen LogP contribution in [0.15, 0.2) is 18.2 Å². The van der Waals surface area contributed by atoms with Crippen molar-refractivity contribution in [2.45, 2.75) is 26.2 Å². The number of carbonyl (C=O) groups excluding carboxylic acids is 2. The molecule has 0 saturated carbocycles. The van der Waals surface area contributed by atoms with Gasteiger partial charge in [0.1, 0.15) is 11.6 Å². The van der Waals surface area contributed by atoms with E-state index in [1.54, 1.807) is 6.92 Å². The van der Waals surface area contributed by atoms with E-state index in [9.17, 15) is 18.4 Å². The zero-order chi connectivity index (χ0) is 13.5. The molecule has 0 heterocycles. The van der Waals surface area contributed by atoms with Crippen LogP contribution in [-0.2, 0) is 9.53 Å². The van der Waals surface area contributed by atoms with Gasteiger partial charge in [-0.25, -0.2) is 8.78 Å². The Morgan fingerprint density at radius 2 is 1.94 bits per heavy atom. The smallest absolute Gasteiger partial charge is 0.305 e. The third-order valence-corrected chi connectivity index (χ3v) is 2.32. The van der Waals surface area contributed by atoms with E-state index in [1.165, 1.54) is 0 Å². The molecule has 3 nitrogen and oxygen atoms in total. The fraction of sp³-hybridized carbons (Fsp3) is 0.385. The van der Waals surface area contributed by atoms with E-state index >= 15 is 0 Å². The van der Waals surface area contributed by atoms with Gasteiger partial charge in [0.2, 0.25) is 0 Å². The van der Waals surface area contributed by atoms with Gasteiger partial charge in [-0.3, -0.25) is 9.59 Å². The number of rotatable bonds is 6. The van der Waals surface area contributed by atoms with Crippen molar-refractivity contribution in [3.05, 3.63) is 35.4 Å². The lowest BCUT2D eigenvalue weighted by atomic mass is 10.0. The predicted molar refractivity (Wildman–Crippen MR) is 61.2 cm³/mol. The number of carbonyl (C=O) groups is 2. The van der Waals surface area contributed by atoms with Gasteiger partial charge in [-0.1, -0.05) is 0 Å². The van der Waals surface area contributed by atoms with Crippen molar-refractivity contribution in [2.75, 3.05) is 6.61 Å². The van der Waals surface area contributed by atoms with Crippen molar-refractivity contribution in [3.63, 3.8) is 0 Å². The fourth-order valence-corrected chi connectivity index (χ4v) is 1.47. The van der Waals surface area contributed by atoms with Crippen molar-refractivity contribution < 1.29 is 23.1 Å². The summed E-state index contributed by atoms with van der Waals surface area (Å²) in [6, 6.07) is 2.72. The molecule has 0 aliphatic heterocycles. The quantitative estimate of drug-likeness (QED) is 0.580. The standard InChI is InChI=1S/C13H14F2O3/c1-2-18-13(17)5-3-4-12(16)10-8-9(14)6-7-11(10)15/h6-8H,2-5H2,1H3. The van der Waals surface area contributed by atoms with E-state index < -0.39 is 23.4 Å². The van der Waals surface area contributed by atoms with Crippen LogP contribution in [0.3, 0.4) is 0 Å². The molecule has 5 heteroatoms. The molecular formula is C13H14F2O3. The second-order valence-corrected chi connectivity index (χ2v) is 3.71. The first kappa shape index (κ1) is 14.3. The highest BCUT2D eigenvalue weighted by Crippen LogP contribution is 2.13. The molecule has 0 fully saturated rings. The van der Waals surface area contributed by atoms with Gasteiger partial charge in [-0.2, -0.15) is 0 Å². The Bertz CT molecular complexity index is 444. The van der Waals surface area contributed by atoms with Crippen LogP contribution in [0.5, 0.6) is 0 Å². The van der Waals surface area contributed by atoms with Crippen LogP contribution in [0.4, 0.5) is 8.78 Å². The van der Waals surface area contributed by atoms with E-state index in [-0.39, 0.29) is 31.4 Å². The van der Waals surface area contributed by atoms with Crippen LogP contribution in [0.1, 0.15) is 36.5 Å². The summed E-state index contributed by atoms with van der Waals surface area (Å²) in [5.74, 6) is -2.33. The maximum absolute atomic E-state index is 13.2. The molecule has 0 aliphatic carbocycles. The summed E-state index contributed by atoms with van der Waals surface area (Å²) in [5.41, 5.74) is -0.279. The van der Waals surface area contributed by atoms with E-state index in [1.807, 2.05) is 0 Å². The van der Waals surface area contributed by atoms with Gasteiger partial charge < -0.3 is 4.74 Å². The average molecular weight is 256 g/mol. The Morgan fingerprint density at radius 1 is 1.22 bits per heavy atom. The first-order valence-electron chi connectivity index (χ1n) is 5.68. The Labute approximate surface area is 104 Å². The largest absolute Gasteiger partial charge is 0.466 e. The lowest BCUT2D eigenvalue weighted by Gasteiger charge is -2.03. The Balaban J connectivity index is 2.50. The molecule has 0 saturated heterocycles. The summed E-state index contributed by atoms with van der Waals surface area (Å²) in [7, 11) is 0. The number of ketones is 1. The number of esters is 1. The lowest BCUT2D eigenvalue weighted by molar-refractivity contribution is -0.143. The topological polar surface area (TPSA) is 43.4 Å². The zero-order valence-corrected chi connectivity index (χ0v) is 10.0. The number of hydrogen-bond donors (Lipinski definition) is 0. The summed E-state index contributed by atoms with van der Waals surface area (Å²) in [6.45, 7) is 1.97. The number of benzene rings is 1. The second-order valence-electron chi connectivity index (χ2n) is 3.71. The van der Waals surface area contributed by atoms with Gasteiger partial charge in [0.25, 0.3) is 0 Å². The normalized spacial score (nSPS) is 10.2. The van der Waals surface area contributed by atoms with Gasteiger partial charge in [0.05, 0.1) is 12.2 Å². The van der Waals surface area contributed by atoms with Crippen molar-refractivity contribution in [3.8, 4) is 0 Å². The highest BCUT2D eigenvalue weighted by Gasteiger charge is 2.13. The molecule has 0 unspecified atom stereocenters. The molecule has 0 bridgehead atoms. The minimum absolute atomic E-state index is 0.0147. The van der Waals surface area contributed by atoms with Gasteiger partial charge in [0.15, 0.2) is 5.78 Å². The summed E-state index contributed by atoms with van der Waals surface area (Å²) in [5, 5.41) is 0. The molecule has 98 valence electrons. The third kappa shape index (κ3) is 4.24. The first-order valence-corrected chi connectivity index (χ1v) is 5.68. The average Bonchev–Trinajstić information content (AvgIpc) is 2.32. The monoisotopic (exact) mass is 256 g/mol. The molecule has 0 amide bonds. The van der Waals surface area contributed by atoms with Crippen LogP contribution in [-0.4, -0.2) is 18.4 Å². The van der Waals surface area contributed by atoms with Crippen LogP contribution >= 0.6 is 0 Å². The van der Waals surface area contributed by atoms with Crippen LogP contribution in [0.25, 0.3) is 0 Å². The summed E-state index contributed by atoms with van der Waals surface area (Å²) < 4.78 is 30.8. The van der Waals surface area contributed by atoms with Gasteiger partial charge in [0, 0.05) is 12.8 Å². The summed E-state index contributed by atoms with van der Waals surface area (Å²) in [4.78, 5) is 22.6. The molecule has 0 atom stereocenters. The molecule has 0 radical (unpaired) electrons. The molecular weight excluding hydrogens is 242 g/mol. The maximum Gasteiger partial charge on any atom is 0.305 e. The molecule has 0 aliphatic rings. The van der Waals surface area contributed by atoms with E-state index in [0.29, 0.717) is 0 Å². The van der Waals surface area contributed by atoms with Crippen molar-refractivity contribution in [1.29, 1.82) is 0 Å². The highest BCUT2D eigenvalue weighted by atomic mass is 19.1. The van der Waals surface area contributed by atoms with Gasteiger partial charge in [-0.05, 0) is 31.5 Å². The molecule has 0 spiro atoms. The summed E-state index contributed by atoms with van der Waals surface area (Å²) >= 11 is 0. The van der Waals surface area contributed by atoms with Crippen molar-refractivity contribution in [1.82, 2.24) is 0 Å². The highest BCUT2D eigenvalue weighted by molar-refractivity contribution is 5.96. The maximum atomic E-state index is 13.2. The zero-order valence-electron chi connectivity index (χ0n) is 10.0. The van der Waals surface area contributed by atoms with E-state index in [2.05, 4.69) is 4.74 Å². The van der Waals surface area contributed by atoms with E-state index in [4.69, 9.17) is 0 Å². The van der Waals surface area contributed by atoms with Gasteiger partial charge in [-0.15, -0.1) is 0 Å².